The highest BCUT2D eigenvalue weighted by Crippen LogP contribution is 2.32. The van der Waals surface area contributed by atoms with Crippen LogP contribution in [0.5, 0.6) is 11.5 Å². The number of ether oxygens (including phenoxy) is 2. The van der Waals surface area contributed by atoms with Gasteiger partial charge in [-0.25, -0.2) is 8.42 Å². The van der Waals surface area contributed by atoms with Crippen LogP contribution in [0.2, 0.25) is 0 Å². The molecule has 1 aromatic rings. The van der Waals surface area contributed by atoms with Crippen molar-refractivity contribution >= 4 is 15.7 Å². The molecule has 6 nitrogen and oxygen atoms in total. The maximum Gasteiger partial charge on any atom is 0.221 e. The van der Waals surface area contributed by atoms with E-state index in [0.29, 0.717) is 37.2 Å². The number of sulfone groups is 1. The van der Waals surface area contributed by atoms with E-state index in [9.17, 15) is 13.2 Å². The number of fused-ring (bicyclic) bond motifs is 1. The molecule has 0 spiro atoms. The van der Waals surface area contributed by atoms with E-state index in [2.05, 4.69) is 19.2 Å². The number of amides is 1. The predicted molar refractivity (Wildman–Crippen MR) is 86.6 cm³/mol. The Bertz CT molecular complexity index is 654. The van der Waals surface area contributed by atoms with Crippen molar-refractivity contribution in [2.45, 2.75) is 31.6 Å². The Morgan fingerprint density at radius 2 is 1.91 bits per heavy atom. The van der Waals surface area contributed by atoms with Gasteiger partial charge in [-0.2, -0.15) is 0 Å². The fraction of sp³-hybridized carbons (Fsp3) is 0.562. The lowest BCUT2D eigenvalue weighted by molar-refractivity contribution is -0.120. The summed E-state index contributed by atoms with van der Waals surface area (Å²) in [5, 5.41) is 2.74. The predicted octanol–water partition coefficient (Wildman–Crippen LogP) is 1.78. The van der Waals surface area contributed by atoms with Crippen LogP contribution in [0.15, 0.2) is 23.1 Å². The molecule has 0 radical (unpaired) electrons. The summed E-state index contributed by atoms with van der Waals surface area (Å²) in [7, 11) is -3.53. The van der Waals surface area contributed by atoms with Gasteiger partial charge in [-0.05, 0) is 24.5 Å². The molecular weight excluding hydrogens is 318 g/mol. The number of carbonyl (C=O) groups excluding carboxylic acids is 1. The first-order valence-corrected chi connectivity index (χ1v) is 9.43. The molecule has 2 rings (SSSR count). The number of hydrogen-bond acceptors (Lipinski definition) is 5. The SMILES string of the molecule is CC(C)CCNC(=O)CCS(=O)(=O)c1ccc2c(c1)OCCO2. The van der Waals surface area contributed by atoms with Crippen molar-refractivity contribution in [1.82, 2.24) is 5.32 Å². The van der Waals surface area contributed by atoms with Gasteiger partial charge in [0.05, 0.1) is 10.6 Å². The van der Waals surface area contributed by atoms with Gasteiger partial charge in [0, 0.05) is 19.0 Å². The number of hydrogen-bond donors (Lipinski definition) is 1. The molecule has 0 aromatic heterocycles. The Kier molecular flexibility index (Phi) is 5.87. The second-order valence-electron chi connectivity index (χ2n) is 5.91. The van der Waals surface area contributed by atoms with Crippen molar-refractivity contribution in [1.29, 1.82) is 0 Å². The third-order valence-corrected chi connectivity index (χ3v) is 5.23. The molecule has 7 heteroatoms. The number of rotatable bonds is 7. The Balaban J connectivity index is 1.92. The zero-order chi connectivity index (χ0) is 16.9. The first-order chi connectivity index (χ1) is 10.9. The smallest absolute Gasteiger partial charge is 0.221 e. The number of carbonyl (C=O) groups is 1. The third-order valence-electron chi connectivity index (χ3n) is 3.51. The van der Waals surface area contributed by atoms with Crippen LogP contribution in [0.3, 0.4) is 0 Å². The molecule has 1 aliphatic heterocycles. The van der Waals surface area contributed by atoms with Crippen LogP contribution in [-0.2, 0) is 14.6 Å². The standard InChI is InChI=1S/C16H23NO5S/c1-12(2)5-7-17-16(18)6-10-23(19,20)13-3-4-14-15(11-13)22-9-8-21-14/h3-4,11-12H,5-10H2,1-2H3,(H,17,18). The van der Waals surface area contributed by atoms with Crippen LogP contribution in [0.4, 0.5) is 0 Å². The fourth-order valence-electron chi connectivity index (χ4n) is 2.15. The van der Waals surface area contributed by atoms with Crippen molar-refractivity contribution in [3.63, 3.8) is 0 Å². The molecule has 0 unspecified atom stereocenters. The summed E-state index contributed by atoms with van der Waals surface area (Å²) in [6.45, 7) is 5.56. The van der Waals surface area contributed by atoms with Gasteiger partial charge in [-0.15, -0.1) is 0 Å². The van der Waals surface area contributed by atoms with Crippen LogP contribution in [0.25, 0.3) is 0 Å². The molecule has 1 N–H and O–H groups in total. The zero-order valence-corrected chi connectivity index (χ0v) is 14.3. The van der Waals surface area contributed by atoms with Gasteiger partial charge >= 0.3 is 0 Å². The Labute approximate surface area is 137 Å². The summed E-state index contributed by atoms with van der Waals surface area (Å²) in [5.74, 6) is 1.00. The molecular formula is C16H23NO5S. The Morgan fingerprint density at radius 1 is 1.22 bits per heavy atom. The maximum atomic E-state index is 12.3. The summed E-state index contributed by atoms with van der Waals surface area (Å²) in [6.07, 6.45) is 0.829. The van der Waals surface area contributed by atoms with E-state index in [1.807, 2.05) is 0 Å². The van der Waals surface area contributed by atoms with Crippen molar-refractivity contribution in [3.05, 3.63) is 18.2 Å². The van der Waals surface area contributed by atoms with Gasteiger partial charge in [0.25, 0.3) is 0 Å². The minimum absolute atomic E-state index is 0.0468. The molecule has 1 aromatic carbocycles. The van der Waals surface area contributed by atoms with Crippen LogP contribution >= 0.6 is 0 Å². The van der Waals surface area contributed by atoms with Crippen molar-refractivity contribution in [3.8, 4) is 11.5 Å². The summed E-state index contributed by atoms with van der Waals surface area (Å²) in [5.41, 5.74) is 0. The summed E-state index contributed by atoms with van der Waals surface area (Å²) in [4.78, 5) is 11.9. The molecule has 0 bridgehead atoms. The quantitative estimate of drug-likeness (QED) is 0.817. The average Bonchev–Trinajstić information content (AvgIpc) is 2.52. The molecule has 0 saturated carbocycles. The molecule has 1 aliphatic rings. The van der Waals surface area contributed by atoms with E-state index in [4.69, 9.17) is 9.47 Å². The van der Waals surface area contributed by atoms with E-state index < -0.39 is 9.84 Å². The number of benzene rings is 1. The number of nitrogens with one attached hydrogen (secondary N) is 1. The largest absolute Gasteiger partial charge is 0.486 e. The first kappa shape index (κ1) is 17.6. The normalized spacial score (nSPS) is 13.9. The minimum atomic E-state index is -3.53. The third kappa shape index (κ3) is 5.13. The van der Waals surface area contributed by atoms with E-state index in [0.717, 1.165) is 6.42 Å². The lowest BCUT2D eigenvalue weighted by atomic mass is 10.1. The molecule has 0 atom stereocenters. The van der Waals surface area contributed by atoms with Gasteiger partial charge in [0.1, 0.15) is 13.2 Å². The van der Waals surface area contributed by atoms with Gasteiger partial charge in [-0.1, -0.05) is 13.8 Å². The monoisotopic (exact) mass is 341 g/mol. The average molecular weight is 341 g/mol. The molecule has 128 valence electrons. The van der Waals surface area contributed by atoms with Crippen LogP contribution in [0.1, 0.15) is 26.7 Å². The zero-order valence-electron chi connectivity index (χ0n) is 13.5. The van der Waals surface area contributed by atoms with E-state index >= 15 is 0 Å². The highest BCUT2D eigenvalue weighted by atomic mass is 32.2. The van der Waals surface area contributed by atoms with Crippen molar-refractivity contribution in [2.75, 3.05) is 25.5 Å². The first-order valence-electron chi connectivity index (χ1n) is 7.77. The van der Waals surface area contributed by atoms with E-state index in [-0.39, 0.29) is 23.0 Å². The van der Waals surface area contributed by atoms with Crippen molar-refractivity contribution in [2.24, 2.45) is 5.92 Å². The second kappa shape index (κ2) is 7.68. The lowest BCUT2D eigenvalue weighted by Gasteiger charge is -2.18. The van der Waals surface area contributed by atoms with Crippen LogP contribution in [-0.4, -0.2) is 39.8 Å². The molecule has 23 heavy (non-hydrogen) atoms. The molecule has 1 amide bonds. The summed E-state index contributed by atoms with van der Waals surface area (Å²) < 4.78 is 35.4. The lowest BCUT2D eigenvalue weighted by Crippen LogP contribution is -2.27. The Morgan fingerprint density at radius 3 is 2.61 bits per heavy atom. The fourth-order valence-corrected chi connectivity index (χ4v) is 3.40. The van der Waals surface area contributed by atoms with Gasteiger partial charge in [0.15, 0.2) is 21.3 Å². The maximum absolute atomic E-state index is 12.3. The Hall–Kier alpha value is -1.76. The molecule has 1 heterocycles. The highest BCUT2D eigenvalue weighted by molar-refractivity contribution is 7.91. The topological polar surface area (TPSA) is 81.7 Å². The van der Waals surface area contributed by atoms with Crippen LogP contribution in [0, 0.1) is 5.92 Å². The van der Waals surface area contributed by atoms with Gasteiger partial charge < -0.3 is 14.8 Å². The molecule has 0 saturated heterocycles. The van der Waals surface area contributed by atoms with Gasteiger partial charge in [-0.3, -0.25) is 4.79 Å². The summed E-state index contributed by atoms with van der Waals surface area (Å²) in [6, 6.07) is 4.53. The summed E-state index contributed by atoms with van der Waals surface area (Å²) >= 11 is 0. The van der Waals surface area contributed by atoms with E-state index in [1.54, 1.807) is 6.07 Å². The molecule has 0 aliphatic carbocycles. The minimum Gasteiger partial charge on any atom is -0.486 e. The van der Waals surface area contributed by atoms with E-state index in [1.165, 1.54) is 12.1 Å². The van der Waals surface area contributed by atoms with Gasteiger partial charge in [0.2, 0.25) is 5.91 Å². The molecule has 0 fully saturated rings. The second-order valence-corrected chi connectivity index (χ2v) is 8.02. The van der Waals surface area contributed by atoms with Crippen LogP contribution < -0.4 is 14.8 Å². The highest BCUT2D eigenvalue weighted by Gasteiger charge is 2.20. The van der Waals surface area contributed by atoms with Crippen molar-refractivity contribution < 1.29 is 22.7 Å².